The number of benzene rings is 1. The van der Waals surface area contributed by atoms with Crippen LogP contribution in [-0.2, 0) is 17.8 Å². The molecular weight excluding hydrogens is 362 g/mol. The topological polar surface area (TPSA) is 94.5 Å². The van der Waals surface area contributed by atoms with Crippen LogP contribution in [0, 0.1) is 5.92 Å². The lowest BCUT2D eigenvalue weighted by molar-refractivity contribution is -0.139. The summed E-state index contributed by atoms with van der Waals surface area (Å²) in [5, 5.41) is 28.2. The number of aliphatic hydroxyl groups is 1. The van der Waals surface area contributed by atoms with Crippen LogP contribution in [0.1, 0.15) is 31.5 Å². The van der Waals surface area contributed by atoms with E-state index in [-0.39, 0.29) is 12.2 Å². The molecule has 0 spiro atoms. The highest BCUT2D eigenvalue weighted by Crippen LogP contribution is 2.19. The van der Waals surface area contributed by atoms with E-state index in [9.17, 15) is 15.0 Å². The fourth-order valence-corrected chi connectivity index (χ4v) is 3.42. The lowest BCUT2D eigenvalue weighted by Crippen LogP contribution is -2.46. The van der Waals surface area contributed by atoms with Gasteiger partial charge in [-0.2, -0.15) is 0 Å². The molecule has 0 aliphatic carbocycles. The van der Waals surface area contributed by atoms with Gasteiger partial charge in [0.05, 0.1) is 11.7 Å². The van der Waals surface area contributed by atoms with Crippen molar-refractivity contribution < 1.29 is 15.0 Å². The van der Waals surface area contributed by atoms with Gasteiger partial charge in [-0.15, -0.1) is 11.3 Å². The Morgan fingerprint density at radius 1 is 1.22 bits per heavy atom. The van der Waals surface area contributed by atoms with Crippen LogP contribution >= 0.6 is 11.3 Å². The molecule has 1 aromatic carbocycles. The normalized spacial score (nSPS) is 13.3. The van der Waals surface area contributed by atoms with Gasteiger partial charge in [0.1, 0.15) is 11.8 Å². The first-order chi connectivity index (χ1) is 12.8. The molecule has 1 heterocycles. The van der Waals surface area contributed by atoms with E-state index in [4.69, 9.17) is 0 Å². The van der Waals surface area contributed by atoms with Crippen LogP contribution in [0.2, 0.25) is 0 Å². The molecule has 1 aromatic heterocycles. The van der Waals surface area contributed by atoms with Crippen molar-refractivity contribution >= 4 is 22.4 Å². The standard InChI is InChI=1S/C20H27N3O3S/c1-13(2)9-17(14(3)24)23-18(19(25)26)10-16-12-27-20(22-16)21-11-15-7-5-4-6-8-15/h4-8,12-13,17-18,23-24H,3,9-11H2,1-2H3,(H,21,22)(H,25,26). The summed E-state index contributed by atoms with van der Waals surface area (Å²) in [5.41, 5.74) is 1.85. The van der Waals surface area contributed by atoms with Crippen LogP contribution in [0.4, 0.5) is 5.13 Å². The highest BCUT2D eigenvalue weighted by Gasteiger charge is 2.25. The number of aliphatic hydroxyl groups excluding tert-OH is 1. The Labute approximate surface area is 164 Å². The zero-order valence-corrected chi connectivity index (χ0v) is 16.5. The van der Waals surface area contributed by atoms with Crippen LogP contribution in [0.15, 0.2) is 48.0 Å². The Bertz CT molecular complexity index is 746. The second-order valence-corrected chi connectivity index (χ2v) is 7.78. The molecule has 0 saturated heterocycles. The van der Waals surface area contributed by atoms with Crippen LogP contribution < -0.4 is 10.6 Å². The van der Waals surface area contributed by atoms with E-state index >= 15 is 0 Å². The SMILES string of the molecule is C=C(O)C(CC(C)C)NC(Cc1csc(NCc2ccccc2)n1)C(=O)O. The van der Waals surface area contributed by atoms with Crippen LogP contribution in [0.5, 0.6) is 0 Å². The van der Waals surface area contributed by atoms with Crippen molar-refractivity contribution in [3.05, 3.63) is 59.3 Å². The number of hydrogen-bond acceptors (Lipinski definition) is 6. The molecule has 2 unspecified atom stereocenters. The summed E-state index contributed by atoms with van der Waals surface area (Å²) in [4.78, 5) is 16.1. The average molecular weight is 390 g/mol. The minimum absolute atomic E-state index is 0.0431. The van der Waals surface area contributed by atoms with Gasteiger partial charge in [0, 0.05) is 18.3 Å². The van der Waals surface area contributed by atoms with E-state index in [1.54, 1.807) is 0 Å². The van der Waals surface area contributed by atoms with E-state index in [1.807, 2.05) is 49.6 Å². The van der Waals surface area contributed by atoms with Gasteiger partial charge in [0.15, 0.2) is 5.13 Å². The molecule has 2 rings (SSSR count). The van der Waals surface area contributed by atoms with Gasteiger partial charge in [-0.05, 0) is 17.9 Å². The lowest BCUT2D eigenvalue weighted by Gasteiger charge is -2.23. The molecule has 0 fully saturated rings. The van der Waals surface area contributed by atoms with Gasteiger partial charge in [-0.1, -0.05) is 50.8 Å². The van der Waals surface area contributed by atoms with Gasteiger partial charge in [-0.25, -0.2) is 4.98 Å². The molecule has 0 saturated carbocycles. The van der Waals surface area contributed by atoms with Crippen LogP contribution in [0.3, 0.4) is 0 Å². The molecule has 2 atom stereocenters. The summed E-state index contributed by atoms with van der Waals surface area (Å²) < 4.78 is 0. The summed E-state index contributed by atoms with van der Waals surface area (Å²) in [5.74, 6) is -0.718. The predicted molar refractivity (Wildman–Crippen MR) is 109 cm³/mol. The Morgan fingerprint density at radius 3 is 2.52 bits per heavy atom. The third kappa shape index (κ3) is 7.03. The Balaban J connectivity index is 1.96. The van der Waals surface area contributed by atoms with Crippen molar-refractivity contribution in [1.82, 2.24) is 10.3 Å². The number of anilines is 1. The first-order valence-corrected chi connectivity index (χ1v) is 9.82. The summed E-state index contributed by atoms with van der Waals surface area (Å²) in [6, 6.07) is 8.69. The summed E-state index contributed by atoms with van der Waals surface area (Å²) in [6.07, 6.45) is 0.848. The minimum Gasteiger partial charge on any atom is -0.511 e. The number of nitrogens with zero attached hydrogens (tertiary/aromatic N) is 1. The maximum atomic E-state index is 11.7. The lowest BCUT2D eigenvalue weighted by atomic mass is 10.0. The van der Waals surface area contributed by atoms with E-state index in [0.717, 1.165) is 10.7 Å². The zero-order valence-electron chi connectivity index (χ0n) is 15.7. The maximum Gasteiger partial charge on any atom is 0.321 e. The third-order valence-corrected chi connectivity index (χ3v) is 4.91. The predicted octanol–water partition coefficient (Wildman–Crippen LogP) is 3.83. The van der Waals surface area contributed by atoms with Gasteiger partial charge in [0.25, 0.3) is 0 Å². The zero-order chi connectivity index (χ0) is 19.8. The molecule has 0 bridgehead atoms. The summed E-state index contributed by atoms with van der Waals surface area (Å²) >= 11 is 1.45. The van der Waals surface area contributed by atoms with Crippen LogP contribution in [-0.4, -0.2) is 33.3 Å². The molecule has 0 amide bonds. The smallest absolute Gasteiger partial charge is 0.321 e. The van der Waals surface area contributed by atoms with Crippen molar-refractivity contribution in [3.63, 3.8) is 0 Å². The monoisotopic (exact) mass is 389 g/mol. The van der Waals surface area contributed by atoms with Gasteiger partial charge >= 0.3 is 5.97 Å². The number of carboxylic acid groups (broad SMARTS) is 1. The van der Waals surface area contributed by atoms with Crippen LogP contribution in [0.25, 0.3) is 0 Å². The Hall–Kier alpha value is -2.38. The molecular formula is C20H27N3O3S. The van der Waals surface area contributed by atoms with Crippen molar-refractivity contribution in [2.24, 2.45) is 5.92 Å². The first-order valence-electron chi connectivity index (χ1n) is 8.94. The second-order valence-electron chi connectivity index (χ2n) is 6.92. The van der Waals surface area contributed by atoms with E-state index in [0.29, 0.717) is 24.6 Å². The number of aliphatic carboxylic acids is 1. The number of carboxylic acids is 1. The van der Waals surface area contributed by atoms with E-state index < -0.39 is 18.1 Å². The number of hydrogen-bond donors (Lipinski definition) is 4. The van der Waals surface area contributed by atoms with Crippen molar-refractivity contribution in [3.8, 4) is 0 Å². The van der Waals surface area contributed by atoms with Gasteiger partial charge in [-0.3, -0.25) is 10.1 Å². The second kappa shape index (κ2) is 10.1. The van der Waals surface area contributed by atoms with Crippen molar-refractivity contribution in [2.75, 3.05) is 5.32 Å². The molecule has 0 radical (unpaired) electrons. The fourth-order valence-electron chi connectivity index (χ4n) is 2.70. The van der Waals surface area contributed by atoms with Crippen molar-refractivity contribution in [1.29, 1.82) is 0 Å². The maximum absolute atomic E-state index is 11.7. The fraction of sp³-hybridized carbons (Fsp3) is 0.400. The third-order valence-electron chi connectivity index (χ3n) is 4.06. The van der Waals surface area contributed by atoms with Crippen molar-refractivity contribution in [2.45, 2.75) is 45.3 Å². The molecule has 6 nitrogen and oxygen atoms in total. The molecule has 0 aliphatic rings. The Morgan fingerprint density at radius 2 is 1.93 bits per heavy atom. The minimum atomic E-state index is -0.975. The Kier molecular flexibility index (Phi) is 7.82. The number of thiazole rings is 1. The van der Waals surface area contributed by atoms with E-state index in [1.165, 1.54) is 11.3 Å². The number of nitrogens with one attached hydrogen (secondary N) is 2. The molecule has 7 heteroatoms. The largest absolute Gasteiger partial charge is 0.511 e. The molecule has 4 N–H and O–H groups in total. The van der Waals surface area contributed by atoms with Gasteiger partial charge < -0.3 is 15.5 Å². The quantitative estimate of drug-likeness (QED) is 0.437. The summed E-state index contributed by atoms with van der Waals surface area (Å²) in [7, 11) is 0. The van der Waals surface area contributed by atoms with Gasteiger partial charge in [0.2, 0.25) is 0 Å². The highest BCUT2D eigenvalue weighted by molar-refractivity contribution is 7.13. The molecule has 27 heavy (non-hydrogen) atoms. The number of aromatic nitrogens is 1. The number of rotatable bonds is 11. The number of carbonyl (C=O) groups is 1. The molecule has 2 aromatic rings. The molecule has 146 valence electrons. The highest BCUT2D eigenvalue weighted by atomic mass is 32.1. The average Bonchev–Trinajstić information content (AvgIpc) is 3.06. The summed E-state index contributed by atoms with van der Waals surface area (Å²) in [6.45, 7) is 8.25. The molecule has 0 aliphatic heterocycles. The first kappa shape index (κ1) is 20.9. The van der Waals surface area contributed by atoms with E-state index in [2.05, 4.69) is 22.2 Å².